The molecule has 0 aliphatic heterocycles. The molecule has 1 heterocycles. The van der Waals surface area contributed by atoms with Gasteiger partial charge in [-0.25, -0.2) is 4.98 Å². The molecule has 0 unspecified atom stereocenters. The second kappa shape index (κ2) is 11.9. The summed E-state index contributed by atoms with van der Waals surface area (Å²) in [6, 6.07) is 3.70. The standard InChI is InChI=1S/C21H23ClN2/c1-4-8-18(9-5-2)11-7-12-19(10-6-3)20-13-15-23-17-24-16-14-21(20)22/h4-17H,1H2,2-3H3,(H,23,24)/b9-5-,10-6-,11-7+,15-13?,16-14?,18-8+,19-12+,21-20?. The van der Waals surface area contributed by atoms with Gasteiger partial charge in [-0.05, 0) is 37.1 Å². The fraction of sp³-hybridized carbons (Fsp3) is 0.0952. The van der Waals surface area contributed by atoms with E-state index >= 15 is 0 Å². The maximum atomic E-state index is 6.41. The number of aromatic amines is 1. The highest BCUT2D eigenvalue weighted by Gasteiger charge is 2.00. The van der Waals surface area contributed by atoms with Crippen LogP contribution >= 0.6 is 11.6 Å². The number of nitrogens with one attached hydrogen (secondary N) is 1. The second-order valence-corrected chi connectivity index (χ2v) is 5.15. The van der Waals surface area contributed by atoms with Crippen molar-refractivity contribution in [2.45, 2.75) is 13.8 Å². The van der Waals surface area contributed by atoms with E-state index in [1.165, 1.54) is 0 Å². The van der Waals surface area contributed by atoms with Crippen LogP contribution in [-0.4, -0.2) is 9.97 Å². The van der Waals surface area contributed by atoms with Crippen LogP contribution in [0.1, 0.15) is 19.4 Å². The van der Waals surface area contributed by atoms with Gasteiger partial charge < -0.3 is 4.98 Å². The summed E-state index contributed by atoms with van der Waals surface area (Å²) in [7, 11) is 0. The fourth-order valence-electron chi connectivity index (χ4n) is 1.94. The monoisotopic (exact) mass is 338 g/mol. The molecule has 1 rings (SSSR count). The molecule has 1 N–H and O–H groups in total. The Bertz CT molecular complexity index is 730. The Morgan fingerprint density at radius 3 is 2.62 bits per heavy atom. The maximum absolute atomic E-state index is 6.41. The van der Waals surface area contributed by atoms with Gasteiger partial charge in [-0.3, -0.25) is 0 Å². The van der Waals surface area contributed by atoms with Gasteiger partial charge in [0.15, 0.2) is 0 Å². The quantitative estimate of drug-likeness (QED) is 0.598. The van der Waals surface area contributed by atoms with Gasteiger partial charge in [-0.1, -0.05) is 72.9 Å². The van der Waals surface area contributed by atoms with Crippen LogP contribution in [0, 0.1) is 0 Å². The summed E-state index contributed by atoms with van der Waals surface area (Å²) in [5, 5.41) is 0.636. The highest BCUT2D eigenvalue weighted by atomic mass is 35.5. The van der Waals surface area contributed by atoms with Crippen molar-refractivity contribution in [1.82, 2.24) is 9.97 Å². The van der Waals surface area contributed by atoms with Gasteiger partial charge in [0, 0.05) is 23.0 Å². The molecule has 0 aliphatic carbocycles. The van der Waals surface area contributed by atoms with Crippen molar-refractivity contribution in [3.63, 3.8) is 0 Å². The number of hydrogen-bond donors (Lipinski definition) is 1. The second-order valence-electron chi connectivity index (χ2n) is 4.74. The van der Waals surface area contributed by atoms with Crippen LogP contribution in [0.4, 0.5) is 0 Å². The summed E-state index contributed by atoms with van der Waals surface area (Å²) in [5.74, 6) is 0. The molecule has 0 radical (unpaired) electrons. The Kier molecular flexibility index (Phi) is 9.67. The molecule has 0 saturated heterocycles. The fourth-order valence-corrected chi connectivity index (χ4v) is 2.18. The lowest BCUT2D eigenvalue weighted by Gasteiger charge is -2.02. The molecule has 1 aromatic heterocycles. The van der Waals surface area contributed by atoms with E-state index < -0.39 is 0 Å². The molecule has 0 saturated carbocycles. The van der Waals surface area contributed by atoms with Crippen molar-refractivity contribution in [2.24, 2.45) is 0 Å². The van der Waals surface area contributed by atoms with E-state index in [9.17, 15) is 0 Å². The number of aromatic nitrogens is 2. The predicted octanol–water partition coefficient (Wildman–Crippen LogP) is 6.39. The van der Waals surface area contributed by atoms with Crippen molar-refractivity contribution < 1.29 is 0 Å². The van der Waals surface area contributed by atoms with Crippen LogP contribution in [0.25, 0.3) is 5.57 Å². The molecule has 1 aromatic rings. The molecule has 24 heavy (non-hydrogen) atoms. The average Bonchev–Trinajstić information content (AvgIpc) is 2.67. The molecule has 0 amide bonds. The first-order chi connectivity index (χ1) is 11.7. The zero-order chi connectivity index (χ0) is 17.6. The topological polar surface area (TPSA) is 28.7 Å². The summed E-state index contributed by atoms with van der Waals surface area (Å²) < 4.78 is 0. The molecule has 124 valence electrons. The molecule has 0 spiro atoms. The Balaban J connectivity index is 3.32. The van der Waals surface area contributed by atoms with Crippen LogP contribution in [-0.2, 0) is 0 Å². The molecule has 0 fully saturated rings. The third-order valence-electron chi connectivity index (χ3n) is 2.95. The van der Waals surface area contributed by atoms with Crippen LogP contribution in [0.5, 0.6) is 0 Å². The minimum absolute atomic E-state index is 0.636. The SMILES string of the molecule is C=C/C=C(\C=C/C)/C=C/C=C(\C=C/C)c1ccnc[nH]ccc1Cl. The molecular formula is C21H23ClN2. The lowest BCUT2D eigenvalue weighted by atomic mass is 10.1. The Morgan fingerprint density at radius 2 is 1.92 bits per heavy atom. The van der Waals surface area contributed by atoms with Crippen LogP contribution < -0.4 is 0 Å². The Labute approximate surface area is 149 Å². The third-order valence-corrected chi connectivity index (χ3v) is 3.28. The summed E-state index contributed by atoms with van der Waals surface area (Å²) in [6.07, 6.45) is 22.8. The first-order valence-electron chi connectivity index (χ1n) is 7.70. The normalized spacial score (nSPS) is 13.0. The van der Waals surface area contributed by atoms with Gasteiger partial charge in [-0.15, -0.1) is 0 Å². The summed E-state index contributed by atoms with van der Waals surface area (Å²) >= 11 is 6.41. The minimum atomic E-state index is 0.636. The average molecular weight is 339 g/mol. The van der Waals surface area contributed by atoms with Gasteiger partial charge in [0.25, 0.3) is 0 Å². The van der Waals surface area contributed by atoms with Crippen molar-refractivity contribution in [1.29, 1.82) is 0 Å². The van der Waals surface area contributed by atoms with Gasteiger partial charge in [0.05, 0.1) is 6.33 Å². The lowest BCUT2D eigenvalue weighted by molar-refractivity contribution is 1.21. The highest BCUT2D eigenvalue weighted by molar-refractivity contribution is 6.32. The Morgan fingerprint density at radius 1 is 1.12 bits per heavy atom. The van der Waals surface area contributed by atoms with Crippen LogP contribution in [0.15, 0.2) is 97.7 Å². The van der Waals surface area contributed by atoms with Crippen molar-refractivity contribution in [3.8, 4) is 0 Å². The Hall–Kier alpha value is -2.58. The van der Waals surface area contributed by atoms with E-state index in [-0.39, 0.29) is 0 Å². The van der Waals surface area contributed by atoms with E-state index in [0.29, 0.717) is 5.02 Å². The number of rotatable bonds is 6. The lowest BCUT2D eigenvalue weighted by Crippen LogP contribution is -1.80. The van der Waals surface area contributed by atoms with E-state index in [4.69, 9.17) is 11.6 Å². The third kappa shape index (κ3) is 7.12. The smallest absolute Gasteiger partial charge is 0.0918 e. The summed E-state index contributed by atoms with van der Waals surface area (Å²) in [6.45, 7) is 7.70. The van der Waals surface area contributed by atoms with Crippen molar-refractivity contribution >= 4 is 17.2 Å². The van der Waals surface area contributed by atoms with Gasteiger partial charge in [0.2, 0.25) is 0 Å². The molecular weight excluding hydrogens is 316 g/mol. The highest BCUT2D eigenvalue weighted by Crippen LogP contribution is 2.23. The number of allylic oxidation sites excluding steroid dienone is 11. The van der Waals surface area contributed by atoms with E-state index in [2.05, 4.69) is 16.5 Å². The molecule has 0 atom stereocenters. The molecule has 3 heteroatoms. The molecule has 0 aromatic carbocycles. The first-order valence-corrected chi connectivity index (χ1v) is 8.08. The van der Waals surface area contributed by atoms with Crippen LogP contribution in [0.3, 0.4) is 0 Å². The molecule has 2 nitrogen and oxygen atoms in total. The van der Waals surface area contributed by atoms with Gasteiger partial charge >= 0.3 is 0 Å². The zero-order valence-electron chi connectivity index (χ0n) is 14.1. The number of hydrogen-bond acceptors (Lipinski definition) is 1. The number of nitrogens with zero attached hydrogens (tertiary/aromatic N) is 1. The van der Waals surface area contributed by atoms with Crippen LogP contribution in [0.2, 0.25) is 5.02 Å². The van der Waals surface area contributed by atoms with Crippen molar-refractivity contribution in [3.05, 3.63) is 108 Å². The number of H-pyrrole nitrogens is 1. The zero-order valence-corrected chi connectivity index (χ0v) is 14.9. The largest absolute Gasteiger partial charge is 0.353 e. The minimum Gasteiger partial charge on any atom is -0.353 e. The number of halogens is 1. The van der Waals surface area contributed by atoms with Gasteiger partial charge in [0.1, 0.15) is 0 Å². The maximum Gasteiger partial charge on any atom is 0.0918 e. The summed E-state index contributed by atoms with van der Waals surface area (Å²) in [4.78, 5) is 7.03. The van der Waals surface area contributed by atoms with Gasteiger partial charge in [-0.2, -0.15) is 0 Å². The molecule has 0 aliphatic rings. The van der Waals surface area contributed by atoms with E-state index in [1.807, 2.05) is 74.6 Å². The van der Waals surface area contributed by atoms with Crippen molar-refractivity contribution in [2.75, 3.05) is 0 Å². The van der Waals surface area contributed by atoms with E-state index in [0.717, 1.165) is 16.7 Å². The molecule has 0 bridgehead atoms. The van der Waals surface area contributed by atoms with E-state index in [1.54, 1.807) is 24.8 Å². The predicted molar refractivity (Wildman–Crippen MR) is 106 cm³/mol. The first kappa shape index (κ1) is 19.5. The summed E-state index contributed by atoms with van der Waals surface area (Å²) in [5.41, 5.74) is 2.97.